The molecule has 1 aliphatic rings. The number of benzene rings is 2. The summed E-state index contributed by atoms with van der Waals surface area (Å²) in [7, 11) is 3.15. The number of amides is 2. The fraction of sp³-hybridized carbons (Fsp3) is 0.333. The molecule has 2 amide bonds. The average Bonchev–Trinajstić information content (AvgIpc) is 3.11. The number of nitrogens with zero attached hydrogens (tertiary/aromatic N) is 1. The van der Waals surface area contributed by atoms with Gasteiger partial charge in [-0.15, -0.1) is 0 Å². The van der Waals surface area contributed by atoms with Crippen molar-refractivity contribution in [3.8, 4) is 17.2 Å². The van der Waals surface area contributed by atoms with E-state index in [-0.39, 0.29) is 24.3 Å². The molecular formula is C21H24N2O5. The molecule has 1 aliphatic heterocycles. The van der Waals surface area contributed by atoms with Crippen molar-refractivity contribution in [3.63, 3.8) is 0 Å². The van der Waals surface area contributed by atoms with Crippen LogP contribution in [0.25, 0.3) is 0 Å². The molecule has 1 unspecified atom stereocenters. The van der Waals surface area contributed by atoms with E-state index in [9.17, 15) is 9.59 Å². The Labute approximate surface area is 164 Å². The van der Waals surface area contributed by atoms with Crippen LogP contribution in [0.15, 0.2) is 48.5 Å². The number of nitrogens with one attached hydrogen (secondary N) is 1. The summed E-state index contributed by atoms with van der Waals surface area (Å²) in [6, 6.07) is 14.5. The molecule has 1 N–H and O–H groups in total. The maximum Gasteiger partial charge on any atom is 0.257 e. The van der Waals surface area contributed by atoms with Crippen LogP contribution in [0, 0.1) is 5.92 Å². The van der Waals surface area contributed by atoms with Gasteiger partial charge in [0.1, 0.15) is 5.75 Å². The number of rotatable bonds is 8. The number of carbonyl (C=O) groups excluding carboxylic acids is 2. The first kappa shape index (κ1) is 19.5. The number of carbonyl (C=O) groups is 2. The van der Waals surface area contributed by atoms with Gasteiger partial charge in [0.2, 0.25) is 5.91 Å². The average molecular weight is 384 g/mol. The molecule has 1 fully saturated rings. The van der Waals surface area contributed by atoms with Crippen LogP contribution in [-0.4, -0.2) is 45.7 Å². The third-order valence-corrected chi connectivity index (χ3v) is 4.60. The molecule has 0 spiro atoms. The summed E-state index contributed by atoms with van der Waals surface area (Å²) in [5, 5.41) is 2.84. The number of hydrogen-bond donors (Lipinski definition) is 1. The first-order valence-corrected chi connectivity index (χ1v) is 9.07. The van der Waals surface area contributed by atoms with E-state index in [1.54, 1.807) is 31.3 Å². The maximum absolute atomic E-state index is 12.3. The van der Waals surface area contributed by atoms with E-state index in [4.69, 9.17) is 14.2 Å². The summed E-state index contributed by atoms with van der Waals surface area (Å²) >= 11 is 0. The molecule has 0 saturated carbocycles. The third-order valence-electron chi connectivity index (χ3n) is 4.60. The van der Waals surface area contributed by atoms with E-state index in [0.29, 0.717) is 31.0 Å². The molecule has 3 rings (SSSR count). The number of anilines is 1. The summed E-state index contributed by atoms with van der Waals surface area (Å²) in [4.78, 5) is 26.1. The normalized spacial score (nSPS) is 16.0. The van der Waals surface area contributed by atoms with Gasteiger partial charge in [0.15, 0.2) is 18.1 Å². The molecule has 7 nitrogen and oxygen atoms in total. The van der Waals surface area contributed by atoms with E-state index >= 15 is 0 Å². The lowest BCUT2D eigenvalue weighted by atomic mass is 10.1. The van der Waals surface area contributed by atoms with Gasteiger partial charge in [-0.25, -0.2) is 0 Å². The van der Waals surface area contributed by atoms with Gasteiger partial charge in [0.05, 0.1) is 14.2 Å². The van der Waals surface area contributed by atoms with Gasteiger partial charge in [-0.2, -0.15) is 0 Å². The van der Waals surface area contributed by atoms with Crippen molar-refractivity contribution in [2.24, 2.45) is 5.92 Å². The summed E-state index contributed by atoms with van der Waals surface area (Å²) in [6.45, 7) is 0.883. The van der Waals surface area contributed by atoms with Crippen LogP contribution in [0.3, 0.4) is 0 Å². The summed E-state index contributed by atoms with van der Waals surface area (Å²) in [6.07, 6.45) is 0.402. The molecule has 0 bridgehead atoms. The second kappa shape index (κ2) is 9.12. The Hall–Kier alpha value is -3.22. The number of methoxy groups -OCH3 is 2. The molecule has 28 heavy (non-hydrogen) atoms. The zero-order valence-electron chi connectivity index (χ0n) is 16.0. The van der Waals surface area contributed by atoms with Crippen molar-refractivity contribution in [3.05, 3.63) is 48.5 Å². The minimum Gasteiger partial charge on any atom is -0.497 e. The van der Waals surface area contributed by atoms with E-state index in [1.165, 1.54) is 0 Å². The van der Waals surface area contributed by atoms with Crippen LogP contribution >= 0.6 is 0 Å². The van der Waals surface area contributed by atoms with Crippen LogP contribution in [-0.2, 0) is 9.59 Å². The van der Waals surface area contributed by atoms with Gasteiger partial charge in [-0.1, -0.05) is 12.1 Å². The Morgan fingerprint density at radius 3 is 2.46 bits per heavy atom. The molecule has 148 valence electrons. The Morgan fingerprint density at radius 2 is 1.79 bits per heavy atom. The molecule has 0 aromatic heterocycles. The molecular weight excluding hydrogens is 360 g/mol. The molecule has 2 aromatic rings. The Morgan fingerprint density at radius 1 is 1.07 bits per heavy atom. The number of hydrogen-bond acceptors (Lipinski definition) is 5. The van der Waals surface area contributed by atoms with Gasteiger partial charge < -0.3 is 24.4 Å². The molecule has 7 heteroatoms. The molecule has 0 aliphatic carbocycles. The Bertz CT molecular complexity index is 822. The first-order chi connectivity index (χ1) is 13.6. The van der Waals surface area contributed by atoms with E-state index < -0.39 is 0 Å². The van der Waals surface area contributed by atoms with Crippen molar-refractivity contribution in [1.82, 2.24) is 5.32 Å². The van der Waals surface area contributed by atoms with Crippen molar-refractivity contribution < 1.29 is 23.8 Å². The predicted molar refractivity (Wildman–Crippen MR) is 105 cm³/mol. The van der Waals surface area contributed by atoms with Crippen molar-refractivity contribution in [2.45, 2.75) is 6.42 Å². The molecule has 0 radical (unpaired) electrons. The van der Waals surface area contributed by atoms with Gasteiger partial charge >= 0.3 is 0 Å². The van der Waals surface area contributed by atoms with Gasteiger partial charge in [0, 0.05) is 31.1 Å². The summed E-state index contributed by atoms with van der Waals surface area (Å²) in [5.41, 5.74) is 0.833. The predicted octanol–water partition coefficient (Wildman–Crippen LogP) is 2.25. The van der Waals surface area contributed by atoms with Crippen LogP contribution < -0.4 is 24.4 Å². The smallest absolute Gasteiger partial charge is 0.257 e. The second-order valence-electron chi connectivity index (χ2n) is 6.52. The number of ether oxygens (including phenoxy) is 3. The fourth-order valence-electron chi connectivity index (χ4n) is 3.12. The summed E-state index contributed by atoms with van der Waals surface area (Å²) < 4.78 is 15.8. The highest BCUT2D eigenvalue weighted by Gasteiger charge is 2.30. The number of para-hydroxylation sites is 2. The topological polar surface area (TPSA) is 77.1 Å². The van der Waals surface area contributed by atoms with E-state index in [1.807, 2.05) is 36.4 Å². The minimum atomic E-state index is -0.235. The third kappa shape index (κ3) is 4.73. The quantitative estimate of drug-likeness (QED) is 0.755. The largest absolute Gasteiger partial charge is 0.497 e. The van der Waals surface area contributed by atoms with Crippen LogP contribution in [0.1, 0.15) is 6.42 Å². The van der Waals surface area contributed by atoms with Gasteiger partial charge in [-0.05, 0) is 36.4 Å². The highest BCUT2D eigenvalue weighted by Crippen LogP contribution is 2.27. The van der Waals surface area contributed by atoms with Crippen LogP contribution in [0.4, 0.5) is 5.69 Å². The van der Waals surface area contributed by atoms with Crippen molar-refractivity contribution >= 4 is 17.5 Å². The molecule has 1 atom stereocenters. The molecule has 2 aromatic carbocycles. The SMILES string of the molecule is COc1ccc(N2CC(CNC(=O)COc3ccccc3OC)CC2=O)cc1. The van der Waals surface area contributed by atoms with Crippen molar-refractivity contribution in [1.29, 1.82) is 0 Å². The molecule has 1 heterocycles. The van der Waals surface area contributed by atoms with Gasteiger partial charge in [0.25, 0.3) is 5.91 Å². The minimum absolute atomic E-state index is 0.0506. The zero-order valence-corrected chi connectivity index (χ0v) is 16.0. The summed E-state index contributed by atoms with van der Waals surface area (Å²) in [5.74, 6) is 1.71. The maximum atomic E-state index is 12.3. The van der Waals surface area contributed by atoms with Crippen LogP contribution in [0.5, 0.6) is 17.2 Å². The first-order valence-electron chi connectivity index (χ1n) is 9.07. The standard InChI is InChI=1S/C21H24N2O5/c1-26-17-9-7-16(8-10-17)23-13-15(11-21(23)25)12-22-20(24)14-28-19-6-4-3-5-18(19)27-2/h3-10,15H,11-14H2,1-2H3,(H,22,24). The van der Waals surface area contributed by atoms with E-state index in [2.05, 4.69) is 5.32 Å². The lowest BCUT2D eigenvalue weighted by Crippen LogP contribution is -2.34. The second-order valence-corrected chi connectivity index (χ2v) is 6.52. The zero-order chi connectivity index (χ0) is 19.9. The lowest BCUT2D eigenvalue weighted by Gasteiger charge is -2.17. The monoisotopic (exact) mass is 384 g/mol. The van der Waals surface area contributed by atoms with Crippen molar-refractivity contribution in [2.75, 3.05) is 38.8 Å². The fourth-order valence-corrected chi connectivity index (χ4v) is 3.12. The Balaban J connectivity index is 1.47. The van der Waals surface area contributed by atoms with Crippen LogP contribution in [0.2, 0.25) is 0 Å². The van der Waals surface area contributed by atoms with E-state index in [0.717, 1.165) is 11.4 Å². The lowest BCUT2D eigenvalue weighted by molar-refractivity contribution is -0.123. The molecule has 1 saturated heterocycles. The highest BCUT2D eigenvalue weighted by molar-refractivity contribution is 5.95. The van der Waals surface area contributed by atoms with Gasteiger partial charge in [-0.3, -0.25) is 9.59 Å². The highest BCUT2D eigenvalue weighted by atomic mass is 16.5. The Kier molecular flexibility index (Phi) is 6.37.